The minimum Gasteiger partial charge on any atom is -0.315 e. The molecular formula is C28H35Cl2N5O2. The number of benzene rings is 2. The third-order valence-electron chi connectivity index (χ3n) is 5.93. The van der Waals surface area contributed by atoms with Crippen LogP contribution in [0.3, 0.4) is 0 Å². The number of nitrogens with zero attached hydrogens (tertiary/aromatic N) is 3. The van der Waals surface area contributed by atoms with Crippen molar-refractivity contribution < 1.29 is 9.59 Å². The molecule has 0 radical (unpaired) electrons. The zero-order chi connectivity index (χ0) is 27.2. The summed E-state index contributed by atoms with van der Waals surface area (Å²) in [7, 11) is 0. The SMILES string of the molecule is CCCCCN(CC(=O)Nc1cc(C(C)(C)C)nn1-c1ccc(Cl)c(Cl)c1)C(=O)Nc1ccccc1C. The fourth-order valence-electron chi connectivity index (χ4n) is 3.72. The molecule has 0 aliphatic heterocycles. The number of unbranched alkanes of at least 4 members (excludes halogenated alkanes) is 2. The molecule has 0 aliphatic rings. The number of anilines is 2. The Labute approximate surface area is 229 Å². The second kappa shape index (κ2) is 12.5. The molecule has 3 amide bonds. The topological polar surface area (TPSA) is 79.3 Å². The van der Waals surface area contributed by atoms with Crippen molar-refractivity contribution >= 4 is 46.6 Å². The van der Waals surface area contributed by atoms with E-state index in [2.05, 4.69) is 17.6 Å². The Bertz CT molecular complexity index is 1250. The average Bonchev–Trinajstić information content (AvgIpc) is 3.26. The summed E-state index contributed by atoms with van der Waals surface area (Å²) < 4.78 is 1.63. The first kappa shape index (κ1) is 28.5. The molecule has 0 aliphatic carbocycles. The van der Waals surface area contributed by atoms with Crippen molar-refractivity contribution in [2.24, 2.45) is 0 Å². The van der Waals surface area contributed by atoms with E-state index in [-0.39, 0.29) is 23.9 Å². The van der Waals surface area contributed by atoms with Gasteiger partial charge in [0.25, 0.3) is 0 Å². The summed E-state index contributed by atoms with van der Waals surface area (Å²) >= 11 is 12.4. The molecule has 2 aromatic carbocycles. The highest BCUT2D eigenvalue weighted by Gasteiger charge is 2.23. The van der Waals surface area contributed by atoms with Gasteiger partial charge in [0, 0.05) is 23.7 Å². The molecule has 1 aromatic heterocycles. The standard InChI is InChI=1S/C28H35Cl2N5O2/c1-6-7-10-15-34(27(37)31-23-12-9-8-11-19(23)2)18-26(36)32-25-17-24(28(3,4)5)33-35(25)20-13-14-21(29)22(30)16-20/h8-9,11-14,16-17H,6-7,10,15,18H2,1-5H3,(H,31,37)(H,32,36). The number of nitrogens with one attached hydrogen (secondary N) is 2. The third-order valence-corrected chi connectivity index (χ3v) is 6.67. The maximum atomic E-state index is 13.2. The van der Waals surface area contributed by atoms with Crippen LogP contribution in [-0.4, -0.2) is 39.7 Å². The van der Waals surface area contributed by atoms with Gasteiger partial charge in [0.2, 0.25) is 5.91 Å². The second-order valence-corrected chi connectivity index (χ2v) is 10.9. The molecule has 0 unspecified atom stereocenters. The highest BCUT2D eigenvalue weighted by molar-refractivity contribution is 6.42. The smallest absolute Gasteiger partial charge is 0.315 e. The van der Waals surface area contributed by atoms with Crippen molar-refractivity contribution in [2.75, 3.05) is 23.7 Å². The number of hydrogen-bond acceptors (Lipinski definition) is 3. The van der Waals surface area contributed by atoms with Crippen LogP contribution in [0.2, 0.25) is 10.0 Å². The molecule has 0 atom stereocenters. The van der Waals surface area contributed by atoms with E-state index in [9.17, 15) is 9.59 Å². The van der Waals surface area contributed by atoms with E-state index >= 15 is 0 Å². The number of urea groups is 1. The van der Waals surface area contributed by atoms with Crippen molar-refractivity contribution in [3.8, 4) is 5.69 Å². The van der Waals surface area contributed by atoms with Gasteiger partial charge >= 0.3 is 6.03 Å². The van der Waals surface area contributed by atoms with Crippen molar-refractivity contribution in [3.63, 3.8) is 0 Å². The van der Waals surface area contributed by atoms with Crippen LogP contribution in [0.25, 0.3) is 5.69 Å². The van der Waals surface area contributed by atoms with Gasteiger partial charge in [-0.3, -0.25) is 4.79 Å². The number of carbonyl (C=O) groups is 2. The Morgan fingerprint density at radius 3 is 2.38 bits per heavy atom. The van der Waals surface area contributed by atoms with Gasteiger partial charge < -0.3 is 15.5 Å². The summed E-state index contributed by atoms with van der Waals surface area (Å²) in [5.41, 5.74) is 2.89. The number of para-hydroxylation sites is 1. The summed E-state index contributed by atoms with van der Waals surface area (Å²) in [5.74, 6) is 0.166. The first-order valence-electron chi connectivity index (χ1n) is 12.5. The van der Waals surface area contributed by atoms with Gasteiger partial charge in [-0.2, -0.15) is 5.10 Å². The Hall–Kier alpha value is -3.03. The summed E-state index contributed by atoms with van der Waals surface area (Å²) in [6.45, 7) is 10.5. The Morgan fingerprint density at radius 1 is 1.00 bits per heavy atom. The number of hydrogen-bond donors (Lipinski definition) is 2. The maximum Gasteiger partial charge on any atom is 0.322 e. The molecule has 0 saturated carbocycles. The van der Waals surface area contributed by atoms with E-state index in [0.29, 0.717) is 28.1 Å². The van der Waals surface area contributed by atoms with E-state index in [1.165, 1.54) is 0 Å². The average molecular weight is 545 g/mol. The molecule has 37 heavy (non-hydrogen) atoms. The molecule has 0 bridgehead atoms. The maximum absolute atomic E-state index is 13.2. The minimum atomic E-state index is -0.321. The lowest BCUT2D eigenvalue weighted by Crippen LogP contribution is -2.41. The number of aryl methyl sites for hydroxylation is 1. The predicted molar refractivity (Wildman–Crippen MR) is 152 cm³/mol. The molecule has 7 nitrogen and oxygen atoms in total. The molecule has 2 N–H and O–H groups in total. The van der Waals surface area contributed by atoms with E-state index in [1.54, 1.807) is 27.8 Å². The fraction of sp³-hybridized carbons (Fsp3) is 0.393. The van der Waals surface area contributed by atoms with Gasteiger partial charge in [-0.05, 0) is 43.2 Å². The number of carbonyl (C=O) groups excluding carboxylic acids is 2. The molecule has 3 rings (SSSR count). The van der Waals surface area contributed by atoms with Gasteiger partial charge in [0.05, 0.1) is 21.4 Å². The lowest BCUT2D eigenvalue weighted by Gasteiger charge is -2.23. The van der Waals surface area contributed by atoms with Crippen molar-refractivity contribution in [1.82, 2.24) is 14.7 Å². The van der Waals surface area contributed by atoms with Crippen molar-refractivity contribution in [1.29, 1.82) is 0 Å². The summed E-state index contributed by atoms with van der Waals surface area (Å²) in [5, 5.41) is 11.4. The van der Waals surface area contributed by atoms with Crippen molar-refractivity contribution in [3.05, 3.63) is 69.8 Å². The van der Waals surface area contributed by atoms with Gasteiger partial charge in [-0.1, -0.05) is 81.9 Å². The van der Waals surface area contributed by atoms with Crippen LogP contribution < -0.4 is 10.6 Å². The van der Waals surface area contributed by atoms with Crippen LogP contribution in [-0.2, 0) is 10.2 Å². The lowest BCUT2D eigenvalue weighted by atomic mass is 9.92. The normalized spacial score (nSPS) is 11.3. The molecule has 0 fully saturated rings. The van der Waals surface area contributed by atoms with Gasteiger partial charge in [-0.15, -0.1) is 0 Å². The monoisotopic (exact) mass is 543 g/mol. The zero-order valence-corrected chi connectivity index (χ0v) is 23.6. The van der Waals surface area contributed by atoms with Crippen LogP contribution in [0.1, 0.15) is 58.2 Å². The first-order valence-corrected chi connectivity index (χ1v) is 13.2. The summed E-state index contributed by atoms with van der Waals surface area (Å²) in [6.07, 6.45) is 2.78. The first-order chi connectivity index (χ1) is 17.5. The van der Waals surface area contributed by atoms with Crippen molar-refractivity contribution in [2.45, 2.75) is 59.3 Å². The second-order valence-electron chi connectivity index (χ2n) is 10.1. The van der Waals surface area contributed by atoms with Crippen LogP contribution in [0.5, 0.6) is 0 Å². The quantitative estimate of drug-likeness (QED) is 0.275. The van der Waals surface area contributed by atoms with Crippen LogP contribution in [0.4, 0.5) is 16.3 Å². The minimum absolute atomic E-state index is 0.0984. The van der Waals surface area contributed by atoms with Gasteiger partial charge in [-0.25, -0.2) is 9.48 Å². The van der Waals surface area contributed by atoms with Gasteiger partial charge in [0.1, 0.15) is 12.4 Å². The van der Waals surface area contributed by atoms with Gasteiger partial charge in [0.15, 0.2) is 0 Å². The number of amides is 3. The highest BCUT2D eigenvalue weighted by atomic mass is 35.5. The van der Waals surface area contributed by atoms with Crippen LogP contribution in [0, 0.1) is 6.92 Å². The van der Waals surface area contributed by atoms with Crippen LogP contribution >= 0.6 is 23.2 Å². The van der Waals surface area contributed by atoms with Crippen LogP contribution in [0.15, 0.2) is 48.5 Å². The molecular weight excluding hydrogens is 509 g/mol. The molecule has 1 heterocycles. The van der Waals surface area contributed by atoms with E-state index in [0.717, 1.165) is 36.2 Å². The predicted octanol–water partition coefficient (Wildman–Crippen LogP) is 7.45. The molecule has 198 valence electrons. The Morgan fingerprint density at radius 2 is 1.73 bits per heavy atom. The number of rotatable bonds is 9. The summed E-state index contributed by atoms with van der Waals surface area (Å²) in [4.78, 5) is 27.9. The Balaban J connectivity index is 1.83. The van der Waals surface area contributed by atoms with E-state index in [1.807, 2.05) is 58.0 Å². The molecule has 9 heteroatoms. The summed E-state index contributed by atoms with van der Waals surface area (Å²) in [6, 6.07) is 14.3. The van der Waals surface area contributed by atoms with E-state index in [4.69, 9.17) is 28.3 Å². The highest BCUT2D eigenvalue weighted by Crippen LogP contribution is 2.29. The number of halogens is 2. The Kier molecular flexibility index (Phi) is 9.62. The largest absolute Gasteiger partial charge is 0.322 e. The zero-order valence-electron chi connectivity index (χ0n) is 22.1. The fourth-order valence-corrected chi connectivity index (χ4v) is 4.01. The number of aromatic nitrogens is 2. The molecule has 3 aromatic rings. The lowest BCUT2D eigenvalue weighted by molar-refractivity contribution is -0.116. The molecule has 0 saturated heterocycles. The third kappa shape index (κ3) is 7.73. The molecule has 0 spiro atoms. The van der Waals surface area contributed by atoms with E-state index < -0.39 is 0 Å².